The van der Waals surface area contributed by atoms with Gasteiger partial charge in [0.25, 0.3) is 11.6 Å². The summed E-state index contributed by atoms with van der Waals surface area (Å²) in [6, 6.07) is 10.2. The fourth-order valence-electron chi connectivity index (χ4n) is 1.74. The summed E-state index contributed by atoms with van der Waals surface area (Å²) in [6.07, 6.45) is 0. The molecule has 2 rings (SSSR count). The highest BCUT2D eigenvalue weighted by Gasteiger charge is 2.10. The maximum atomic E-state index is 12.7. The molecular weight excluding hydrogens is 305 g/mol. The number of halogens is 1. The van der Waals surface area contributed by atoms with Crippen molar-refractivity contribution in [2.75, 3.05) is 11.9 Å². The van der Waals surface area contributed by atoms with E-state index in [0.717, 1.165) is 0 Å². The molecule has 0 aliphatic carbocycles. The van der Waals surface area contributed by atoms with E-state index in [-0.39, 0.29) is 17.8 Å². The van der Waals surface area contributed by atoms with Crippen LogP contribution in [0.1, 0.15) is 10.4 Å². The van der Waals surface area contributed by atoms with E-state index in [1.807, 2.05) is 0 Å². The zero-order valence-corrected chi connectivity index (χ0v) is 11.8. The van der Waals surface area contributed by atoms with Crippen molar-refractivity contribution in [3.63, 3.8) is 0 Å². The lowest BCUT2D eigenvalue weighted by atomic mass is 10.2. The standard InChI is InChI=1S/C15H12FN3O4/c16-11-3-5-12(6-4-11)18-14(20)9-17-15(21)10-1-7-13(8-2-10)19(22)23/h1-8H,9H2,(H,17,21)(H,18,20). The largest absolute Gasteiger partial charge is 0.343 e. The van der Waals surface area contributed by atoms with Crippen molar-refractivity contribution in [3.05, 3.63) is 70.0 Å². The molecule has 23 heavy (non-hydrogen) atoms. The molecule has 0 bridgehead atoms. The van der Waals surface area contributed by atoms with Crippen molar-refractivity contribution in [2.45, 2.75) is 0 Å². The number of rotatable bonds is 5. The maximum Gasteiger partial charge on any atom is 0.269 e. The number of carbonyl (C=O) groups is 2. The van der Waals surface area contributed by atoms with Gasteiger partial charge in [-0.2, -0.15) is 0 Å². The van der Waals surface area contributed by atoms with Gasteiger partial charge in [0.1, 0.15) is 5.82 Å². The molecule has 0 heterocycles. The first-order valence-corrected chi connectivity index (χ1v) is 6.54. The Morgan fingerprint density at radius 1 is 1.04 bits per heavy atom. The van der Waals surface area contributed by atoms with Gasteiger partial charge < -0.3 is 10.6 Å². The number of nitro groups is 1. The van der Waals surface area contributed by atoms with Gasteiger partial charge in [-0.3, -0.25) is 19.7 Å². The van der Waals surface area contributed by atoms with Crippen LogP contribution in [0.2, 0.25) is 0 Å². The number of benzene rings is 2. The molecule has 0 fully saturated rings. The number of nitro benzene ring substituents is 1. The Balaban J connectivity index is 1.87. The highest BCUT2D eigenvalue weighted by atomic mass is 19.1. The van der Waals surface area contributed by atoms with E-state index in [1.165, 1.54) is 48.5 Å². The lowest BCUT2D eigenvalue weighted by molar-refractivity contribution is -0.384. The lowest BCUT2D eigenvalue weighted by Crippen LogP contribution is -2.32. The Bertz CT molecular complexity index is 729. The van der Waals surface area contributed by atoms with Crippen LogP contribution >= 0.6 is 0 Å². The van der Waals surface area contributed by atoms with Gasteiger partial charge in [-0.05, 0) is 36.4 Å². The monoisotopic (exact) mass is 317 g/mol. The van der Waals surface area contributed by atoms with Crippen molar-refractivity contribution in [2.24, 2.45) is 0 Å². The van der Waals surface area contributed by atoms with E-state index >= 15 is 0 Å². The van der Waals surface area contributed by atoms with Gasteiger partial charge in [-0.1, -0.05) is 0 Å². The maximum absolute atomic E-state index is 12.7. The molecule has 2 aromatic rings. The molecule has 2 aromatic carbocycles. The van der Waals surface area contributed by atoms with Gasteiger partial charge in [-0.25, -0.2) is 4.39 Å². The van der Waals surface area contributed by atoms with Crippen molar-refractivity contribution in [1.29, 1.82) is 0 Å². The van der Waals surface area contributed by atoms with Crippen LogP contribution in [-0.2, 0) is 4.79 Å². The van der Waals surface area contributed by atoms with E-state index in [4.69, 9.17) is 0 Å². The third-order valence-corrected chi connectivity index (χ3v) is 2.88. The molecular formula is C15H12FN3O4. The molecule has 0 spiro atoms. The number of hydrogen-bond acceptors (Lipinski definition) is 4. The third-order valence-electron chi connectivity index (χ3n) is 2.88. The number of nitrogens with zero attached hydrogens (tertiary/aromatic N) is 1. The first-order chi connectivity index (χ1) is 11.0. The predicted molar refractivity (Wildman–Crippen MR) is 80.5 cm³/mol. The summed E-state index contributed by atoms with van der Waals surface area (Å²) in [5.74, 6) is -1.43. The first-order valence-electron chi connectivity index (χ1n) is 6.54. The average molecular weight is 317 g/mol. The Morgan fingerprint density at radius 2 is 1.65 bits per heavy atom. The van der Waals surface area contributed by atoms with Crippen LogP contribution in [0.3, 0.4) is 0 Å². The summed E-state index contributed by atoms with van der Waals surface area (Å²) in [5.41, 5.74) is 0.474. The smallest absolute Gasteiger partial charge is 0.269 e. The van der Waals surface area contributed by atoms with E-state index < -0.39 is 22.6 Å². The number of amides is 2. The molecule has 2 N–H and O–H groups in total. The fraction of sp³-hybridized carbons (Fsp3) is 0.0667. The van der Waals surface area contributed by atoms with E-state index in [2.05, 4.69) is 10.6 Å². The molecule has 7 nitrogen and oxygen atoms in total. The molecule has 0 aliphatic heterocycles. The van der Waals surface area contributed by atoms with Gasteiger partial charge in [-0.15, -0.1) is 0 Å². The van der Waals surface area contributed by atoms with Gasteiger partial charge in [0.15, 0.2) is 0 Å². The second kappa shape index (κ2) is 7.12. The summed E-state index contributed by atoms with van der Waals surface area (Å²) in [5, 5.41) is 15.4. The topological polar surface area (TPSA) is 101 Å². The van der Waals surface area contributed by atoms with Crippen LogP contribution < -0.4 is 10.6 Å². The predicted octanol–water partition coefficient (Wildman–Crippen LogP) is 2.10. The molecule has 0 saturated carbocycles. The second-order valence-corrected chi connectivity index (χ2v) is 4.54. The van der Waals surface area contributed by atoms with Crippen LogP contribution in [0, 0.1) is 15.9 Å². The minimum atomic E-state index is -0.572. The molecule has 2 amide bonds. The first kappa shape index (κ1) is 16.1. The van der Waals surface area contributed by atoms with Crippen LogP contribution in [-0.4, -0.2) is 23.3 Å². The zero-order chi connectivity index (χ0) is 16.8. The summed E-state index contributed by atoms with van der Waals surface area (Å²) < 4.78 is 12.7. The summed E-state index contributed by atoms with van der Waals surface area (Å²) in [6.45, 7) is -0.285. The highest BCUT2D eigenvalue weighted by molar-refractivity contribution is 5.99. The normalized spacial score (nSPS) is 9.96. The number of carbonyl (C=O) groups excluding carboxylic acids is 2. The van der Waals surface area contributed by atoms with Gasteiger partial charge in [0.05, 0.1) is 11.5 Å². The Hall–Kier alpha value is -3.29. The summed E-state index contributed by atoms with van der Waals surface area (Å²) in [4.78, 5) is 33.4. The molecule has 0 atom stereocenters. The Labute approximate surface area is 130 Å². The molecule has 0 saturated heterocycles. The SMILES string of the molecule is O=C(CNC(=O)c1ccc([N+](=O)[O-])cc1)Nc1ccc(F)cc1. The number of hydrogen-bond donors (Lipinski definition) is 2. The zero-order valence-electron chi connectivity index (χ0n) is 11.8. The summed E-state index contributed by atoms with van der Waals surface area (Å²) in [7, 11) is 0. The molecule has 118 valence electrons. The average Bonchev–Trinajstić information content (AvgIpc) is 2.55. The fourth-order valence-corrected chi connectivity index (χ4v) is 1.74. The molecule has 0 aromatic heterocycles. The van der Waals surface area contributed by atoms with Crippen LogP contribution in [0.4, 0.5) is 15.8 Å². The molecule has 0 unspecified atom stereocenters. The quantitative estimate of drug-likeness (QED) is 0.651. The Morgan fingerprint density at radius 3 is 2.22 bits per heavy atom. The van der Waals surface area contributed by atoms with Gasteiger partial charge in [0, 0.05) is 23.4 Å². The minimum absolute atomic E-state index is 0.129. The van der Waals surface area contributed by atoms with Crippen LogP contribution in [0.5, 0.6) is 0 Å². The molecule has 8 heteroatoms. The third kappa shape index (κ3) is 4.60. The second-order valence-electron chi connectivity index (χ2n) is 4.54. The highest BCUT2D eigenvalue weighted by Crippen LogP contribution is 2.11. The number of non-ortho nitro benzene ring substituents is 1. The molecule has 0 aliphatic rings. The van der Waals surface area contributed by atoms with Crippen LogP contribution in [0.25, 0.3) is 0 Å². The lowest BCUT2D eigenvalue weighted by Gasteiger charge is -2.07. The van der Waals surface area contributed by atoms with Crippen molar-refractivity contribution in [3.8, 4) is 0 Å². The van der Waals surface area contributed by atoms with Gasteiger partial charge >= 0.3 is 0 Å². The van der Waals surface area contributed by atoms with E-state index in [0.29, 0.717) is 5.69 Å². The number of nitrogens with one attached hydrogen (secondary N) is 2. The van der Waals surface area contributed by atoms with E-state index in [9.17, 15) is 24.1 Å². The number of anilines is 1. The van der Waals surface area contributed by atoms with Crippen molar-refractivity contribution in [1.82, 2.24) is 5.32 Å². The van der Waals surface area contributed by atoms with Crippen molar-refractivity contribution < 1.29 is 18.9 Å². The van der Waals surface area contributed by atoms with Gasteiger partial charge in [0.2, 0.25) is 5.91 Å². The van der Waals surface area contributed by atoms with Crippen LogP contribution in [0.15, 0.2) is 48.5 Å². The Kier molecular flexibility index (Phi) is 4.98. The molecule has 0 radical (unpaired) electrons. The minimum Gasteiger partial charge on any atom is -0.343 e. The van der Waals surface area contributed by atoms with E-state index in [1.54, 1.807) is 0 Å². The summed E-state index contributed by atoms with van der Waals surface area (Å²) >= 11 is 0. The van der Waals surface area contributed by atoms with Crippen molar-refractivity contribution >= 4 is 23.2 Å².